The summed E-state index contributed by atoms with van der Waals surface area (Å²) in [6.07, 6.45) is 6.53. The van der Waals surface area contributed by atoms with Gasteiger partial charge in [-0.25, -0.2) is 14.6 Å². The summed E-state index contributed by atoms with van der Waals surface area (Å²) in [7, 11) is 0. The van der Waals surface area contributed by atoms with Gasteiger partial charge in [-0.2, -0.15) is 5.10 Å². The Hall–Kier alpha value is -3.60. The van der Waals surface area contributed by atoms with Crippen LogP contribution in [0.4, 0.5) is 5.82 Å². The standard InChI is InChI=1S/C27H33N7O3/c1-3-32(16-21-5-7-22(8-6-21)34-12-4-11-30-34)25-23-9-13-33(26(23)29-19-28-25)18-27(37)10-14-31(15-20(2)35)17-24(27)36/h4-9,11-13,19,24,36-37H,3,10,14-18H2,1-2H3. The van der Waals surface area contributed by atoms with Gasteiger partial charge in [-0.05, 0) is 50.1 Å². The van der Waals surface area contributed by atoms with Crippen LogP contribution in [0.2, 0.25) is 0 Å². The molecule has 194 valence electrons. The zero-order valence-corrected chi connectivity index (χ0v) is 21.2. The Bertz CT molecular complexity index is 1350. The molecule has 2 atom stereocenters. The number of aliphatic hydroxyl groups is 2. The molecule has 1 aromatic carbocycles. The second kappa shape index (κ2) is 10.4. The van der Waals surface area contributed by atoms with E-state index in [1.54, 1.807) is 12.5 Å². The quantitative estimate of drug-likeness (QED) is 0.357. The third-order valence-corrected chi connectivity index (χ3v) is 7.10. The number of anilines is 1. The van der Waals surface area contributed by atoms with Gasteiger partial charge < -0.3 is 19.7 Å². The van der Waals surface area contributed by atoms with Crippen LogP contribution in [0.25, 0.3) is 16.7 Å². The normalized spacial score (nSPS) is 20.4. The molecule has 2 unspecified atom stereocenters. The van der Waals surface area contributed by atoms with Gasteiger partial charge in [0.25, 0.3) is 0 Å². The fourth-order valence-corrected chi connectivity index (χ4v) is 5.06. The number of likely N-dealkylation sites (tertiary alicyclic amines) is 1. The minimum absolute atomic E-state index is 0.0487. The van der Waals surface area contributed by atoms with Gasteiger partial charge in [-0.15, -0.1) is 0 Å². The van der Waals surface area contributed by atoms with Gasteiger partial charge in [-0.3, -0.25) is 9.69 Å². The Balaban J connectivity index is 1.34. The summed E-state index contributed by atoms with van der Waals surface area (Å²) in [6.45, 7) is 6.38. The third kappa shape index (κ3) is 5.27. The number of carbonyl (C=O) groups excluding carboxylic acids is 1. The van der Waals surface area contributed by atoms with Gasteiger partial charge in [0.05, 0.1) is 30.3 Å². The molecule has 1 aliphatic rings. The van der Waals surface area contributed by atoms with E-state index in [0.29, 0.717) is 25.2 Å². The second-order valence-electron chi connectivity index (χ2n) is 9.82. The van der Waals surface area contributed by atoms with E-state index >= 15 is 0 Å². The summed E-state index contributed by atoms with van der Waals surface area (Å²) in [6, 6.07) is 12.2. The Morgan fingerprint density at radius 2 is 2.00 bits per heavy atom. The highest BCUT2D eigenvalue weighted by Gasteiger charge is 2.41. The van der Waals surface area contributed by atoms with Crippen molar-refractivity contribution in [3.05, 3.63) is 66.9 Å². The number of piperidine rings is 1. The molecule has 4 aromatic rings. The van der Waals surface area contributed by atoms with Gasteiger partial charge in [0.1, 0.15) is 29.2 Å². The number of β-amino-alcohol motifs (C(OH)–C–C–N with tert-alkyl or cyclic N) is 1. The largest absolute Gasteiger partial charge is 0.389 e. The number of rotatable bonds is 9. The molecule has 0 spiro atoms. The summed E-state index contributed by atoms with van der Waals surface area (Å²) >= 11 is 0. The molecule has 0 bridgehead atoms. The highest BCUT2D eigenvalue weighted by Crippen LogP contribution is 2.29. The Morgan fingerprint density at radius 3 is 2.68 bits per heavy atom. The van der Waals surface area contributed by atoms with Crippen molar-refractivity contribution in [3.63, 3.8) is 0 Å². The highest BCUT2D eigenvalue weighted by atomic mass is 16.3. The fraction of sp³-hybridized carbons (Fsp3) is 0.407. The summed E-state index contributed by atoms with van der Waals surface area (Å²) in [5.74, 6) is 0.874. The SMILES string of the molecule is CCN(Cc1ccc(-n2cccn2)cc1)c1ncnc2c1ccn2CC1(O)CCN(CC(C)=O)CC1O. The first-order valence-corrected chi connectivity index (χ1v) is 12.6. The molecule has 37 heavy (non-hydrogen) atoms. The number of aliphatic hydroxyl groups excluding tert-OH is 1. The molecule has 0 aliphatic carbocycles. The number of benzene rings is 1. The smallest absolute Gasteiger partial charge is 0.145 e. The minimum atomic E-state index is -1.30. The number of Topliss-reactive ketones (excluding diaryl/α,β-unsaturated/α-hetero) is 1. The van der Waals surface area contributed by atoms with Crippen LogP contribution in [0.15, 0.2) is 61.3 Å². The van der Waals surface area contributed by atoms with E-state index < -0.39 is 11.7 Å². The number of carbonyl (C=O) groups is 1. The molecular formula is C27H33N7O3. The predicted molar refractivity (Wildman–Crippen MR) is 141 cm³/mol. The molecule has 10 nitrogen and oxygen atoms in total. The molecule has 0 amide bonds. The topological polar surface area (TPSA) is 113 Å². The zero-order chi connectivity index (χ0) is 26.0. The van der Waals surface area contributed by atoms with Crippen LogP contribution in [0.3, 0.4) is 0 Å². The molecule has 1 saturated heterocycles. The van der Waals surface area contributed by atoms with E-state index in [9.17, 15) is 15.0 Å². The van der Waals surface area contributed by atoms with Crippen LogP contribution in [0, 0.1) is 0 Å². The van der Waals surface area contributed by atoms with Crippen molar-refractivity contribution < 1.29 is 15.0 Å². The molecule has 1 aliphatic heterocycles. The van der Waals surface area contributed by atoms with Crippen molar-refractivity contribution >= 4 is 22.6 Å². The average molecular weight is 504 g/mol. The lowest BCUT2D eigenvalue weighted by atomic mass is 9.88. The predicted octanol–water partition coefficient (Wildman–Crippen LogP) is 2.03. The minimum Gasteiger partial charge on any atom is -0.389 e. The van der Waals surface area contributed by atoms with E-state index in [-0.39, 0.29) is 25.4 Å². The van der Waals surface area contributed by atoms with Gasteiger partial charge in [0, 0.05) is 44.8 Å². The van der Waals surface area contributed by atoms with E-state index in [1.807, 2.05) is 38.7 Å². The van der Waals surface area contributed by atoms with Crippen molar-refractivity contribution in [3.8, 4) is 5.69 Å². The summed E-state index contributed by atoms with van der Waals surface area (Å²) in [5, 5.41) is 27.2. The summed E-state index contributed by atoms with van der Waals surface area (Å²) in [4.78, 5) is 24.7. The van der Waals surface area contributed by atoms with Crippen LogP contribution in [-0.2, 0) is 17.9 Å². The lowest BCUT2D eigenvalue weighted by Crippen LogP contribution is -2.58. The lowest BCUT2D eigenvalue weighted by Gasteiger charge is -2.42. The first-order valence-electron chi connectivity index (χ1n) is 12.6. The molecule has 10 heteroatoms. The molecule has 1 fully saturated rings. The number of fused-ring (bicyclic) bond motifs is 1. The van der Waals surface area contributed by atoms with E-state index in [2.05, 4.69) is 51.2 Å². The van der Waals surface area contributed by atoms with Crippen LogP contribution in [-0.4, -0.2) is 83.1 Å². The van der Waals surface area contributed by atoms with Crippen LogP contribution in [0.5, 0.6) is 0 Å². The van der Waals surface area contributed by atoms with E-state index in [1.165, 1.54) is 6.92 Å². The Kier molecular flexibility index (Phi) is 7.05. The first kappa shape index (κ1) is 25.1. The molecular weight excluding hydrogens is 470 g/mol. The highest BCUT2D eigenvalue weighted by molar-refractivity contribution is 5.87. The van der Waals surface area contributed by atoms with E-state index in [0.717, 1.165) is 29.0 Å². The number of ketones is 1. The maximum absolute atomic E-state index is 11.5. The van der Waals surface area contributed by atoms with Gasteiger partial charge >= 0.3 is 0 Å². The van der Waals surface area contributed by atoms with Crippen molar-refractivity contribution in [2.45, 2.75) is 45.1 Å². The molecule has 2 N–H and O–H groups in total. The van der Waals surface area contributed by atoms with Crippen LogP contribution >= 0.6 is 0 Å². The van der Waals surface area contributed by atoms with Gasteiger partial charge in [0.2, 0.25) is 0 Å². The second-order valence-corrected chi connectivity index (χ2v) is 9.82. The number of aromatic nitrogens is 5. The van der Waals surface area contributed by atoms with E-state index in [4.69, 9.17) is 0 Å². The molecule has 0 saturated carbocycles. The number of hydrogen-bond donors (Lipinski definition) is 2. The van der Waals surface area contributed by atoms with Crippen molar-refractivity contribution in [1.82, 2.24) is 29.2 Å². The first-order chi connectivity index (χ1) is 17.9. The molecule has 3 aromatic heterocycles. The average Bonchev–Trinajstić information content (AvgIpc) is 3.56. The Labute approximate surface area is 215 Å². The maximum Gasteiger partial charge on any atom is 0.145 e. The summed E-state index contributed by atoms with van der Waals surface area (Å²) in [5.41, 5.74) is 1.57. The zero-order valence-electron chi connectivity index (χ0n) is 21.2. The monoisotopic (exact) mass is 503 g/mol. The maximum atomic E-state index is 11.5. The molecule has 0 radical (unpaired) electrons. The number of hydrogen-bond acceptors (Lipinski definition) is 8. The van der Waals surface area contributed by atoms with Crippen molar-refractivity contribution in [1.29, 1.82) is 0 Å². The van der Waals surface area contributed by atoms with Crippen molar-refractivity contribution in [2.75, 3.05) is 31.1 Å². The lowest BCUT2D eigenvalue weighted by molar-refractivity contribution is -0.134. The Morgan fingerprint density at radius 1 is 1.19 bits per heavy atom. The molecule has 5 rings (SSSR count). The molecule has 4 heterocycles. The number of nitrogens with zero attached hydrogens (tertiary/aromatic N) is 7. The summed E-state index contributed by atoms with van der Waals surface area (Å²) < 4.78 is 3.72. The third-order valence-electron chi connectivity index (χ3n) is 7.10. The van der Waals surface area contributed by atoms with Crippen LogP contribution in [0.1, 0.15) is 25.8 Å². The van der Waals surface area contributed by atoms with Gasteiger partial charge in [-0.1, -0.05) is 12.1 Å². The fourth-order valence-electron chi connectivity index (χ4n) is 5.06. The van der Waals surface area contributed by atoms with Gasteiger partial charge in [0.15, 0.2) is 0 Å². The van der Waals surface area contributed by atoms with Crippen LogP contribution < -0.4 is 4.90 Å². The van der Waals surface area contributed by atoms with Crippen molar-refractivity contribution in [2.24, 2.45) is 0 Å².